The van der Waals surface area contributed by atoms with Crippen molar-refractivity contribution in [1.82, 2.24) is 15.0 Å². The van der Waals surface area contributed by atoms with Crippen molar-refractivity contribution in [2.24, 2.45) is 5.92 Å². The van der Waals surface area contributed by atoms with E-state index in [0.29, 0.717) is 5.92 Å². The van der Waals surface area contributed by atoms with Crippen LogP contribution in [-0.4, -0.2) is 15.0 Å². The van der Waals surface area contributed by atoms with E-state index in [9.17, 15) is 0 Å². The van der Waals surface area contributed by atoms with Crippen LogP contribution in [0.25, 0.3) is 11.0 Å². The van der Waals surface area contributed by atoms with Gasteiger partial charge in [-0.05, 0) is 37.1 Å². The molecule has 108 valence electrons. The molecule has 1 unspecified atom stereocenters. The maximum absolute atomic E-state index is 4.38. The van der Waals surface area contributed by atoms with Gasteiger partial charge in [-0.25, -0.2) is 4.68 Å². The lowest BCUT2D eigenvalue weighted by atomic mass is 10.2. The monoisotopic (exact) mass is 297 g/mol. The van der Waals surface area contributed by atoms with Crippen molar-refractivity contribution in [3.8, 4) is 0 Å². The summed E-state index contributed by atoms with van der Waals surface area (Å²) in [6.45, 7) is 6.58. The van der Waals surface area contributed by atoms with Crippen LogP contribution in [0.1, 0.15) is 24.8 Å². The number of aryl methyl sites for hydroxylation is 1. The van der Waals surface area contributed by atoms with E-state index in [1.165, 1.54) is 10.5 Å². The van der Waals surface area contributed by atoms with Crippen molar-refractivity contribution in [3.05, 3.63) is 54.1 Å². The second kappa shape index (κ2) is 5.90. The van der Waals surface area contributed by atoms with E-state index in [1.807, 2.05) is 34.6 Å². The molecule has 1 atom stereocenters. The molecule has 3 nitrogen and oxygen atoms in total. The summed E-state index contributed by atoms with van der Waals surface area (Å²) in [4.78, 5) is 1.27. The zero-order chi connectivity index (χ0) is 14.8. The average molecular weight is 297 g/mol. The summed E-state index contributed by atoms with van der Waals surface area (Å²) in [6.07, 6.45) is 0. The summed E-state index contributed by atoms with van der Waals surface area (Å²) in [5, 5.41) is 8.90. The molecule has 3 rings (SSSR count). The summed E-state index contributed by atoms with van der Waals surface area (Å²) in [5.74, 6) is 0.459. The molecule has 4 heteroatoms. The second-order valence-electron chi connectivity index (χ2n) is 5.59. The molecule has 0 fully saturated rings. The van der Waals surface area contributed by atoms with Crippen LogP contribution in [0.15, 0.2) is 53.4 Å². The quantitative estimate of drug-likeness (QED) is 0.655. The third-order valence-corrected chi connectivity index (χ3v) is 4.95. The summed E-state index contributed by atoms with van der Waals surface area (Å²) in [7, 11) is 0. The first-order valence-electron chi connectivity index (χ1n) is 7.18. The Kier molecular flexibility index (Phi) is 3.97. The minimum absolute atomic E-state index is 0.235. The molecule has 21 heavy (non-hydrogen) atoms. The maximum atomic E-state index is 4.38. The van der Waals surface area contributed by atoms with E-state index >= 15 is 0 Å². The highest BCUT2D eigenvalue weighted by Gasteiger charge is 2.20. The van der Waals surface area contributed by atoms with Crippen LogP contribution in [0.3, 0.4) is 0 Å². The number of rotatable bonds is 4. The predicted octanol–water partition coefficient (Wildman–Crippen LogP) is 4.69. The normalized spacial score (nSPS) is 13.0. The van der Waals surface area contributed by atoms with Crippen molar-refractivity contribution in [2.75, 3.05) is 0 Å². The Hall–Kier alpha value is -1.81. The number of benzene rings is 2. The number of fused-ring (bicyclic) bond motifs is 1. The van der Waals surface area contributed by atoms with Crippen LogP contribution in [0.4, 0.5) is 0 Å². The Morgan fingerprint density at radius 3 is 2.62 bits per heavy atom. The molecule has 1 aromatic heterocycles. The Morgan fingerprint density at radius 1 is 1.05 bits per heavy atom. The molecule has 0 aliphatic rings. The molecular weight excluding hydrogens is 278 g/mol. The minimum Gasteiger partial charge on any atom is -0.231 e. The van der Waals surface area contributed by atoms with Gasteiger partial charge < -0.3 is 0 Å². The van der Waals surface area contributed by atoms with Crippen LogP contribution < -0.4 is 0 Å². The highest BCUT2D eigenvalue weighted by atomic mass is 32.2. The zero-order valence-electron chi connectivity index (χ0n) is 12.5. The Labute approximate surface area is 129 Å². The van der Waals surface area contributed by atoms with E-state index in [2.05, 4.69) is 61.4 Å². The fourth-order valence-electron chi connectivity index (χ4n) is 2.37. The van der Waals surface area contributed by atoms with Crippen molar-refractivity contribution >= 4 is 22.8 Å². The van der Waals surface area contributed by atoms with E-state index in [0.717, 1.165) is 11.0 Å². The minimum atomic E-state index is 0.235. The first-order chi connectivity index (χ1) is 10.1. The van der Waals surface area contributed by atoms with Crippen LogP contribution >= 0.6 is 11.8 Å². The molecule has 0 aliphatic heterocycles. The lowest BCUT2D eigenvalue weighted by Gasteiger charge is -2.21. The molecule has 0 aliphatic carbocycles. The largest absolute Gasteiger partial charge is 0.231 e. The van der Waals surface area contributed by atoms with Gasteiger partial charge in [-0.2, -0.15) is 0 Å². The predicted molar refractivity (Wildman–Crippen MR) is 88.4 cm³/mol. The van der Waals surface area contributed by atoms with Crippen molar-refractivity contribution in [1.29, 1.82) is 0 Å². The van der Waals surface area contributed by atoms with Gasteiger partial charge in [-0.1, -0.05) is 60.7 Å². The van der Waals surface area contributed by atoms with Crippen molar-refractivity contribution < 1.29 is 0 Å². The van der Waals surface area contributed by atoms with Gasteiger partial charge in [0.05, 0.1) is 5.52 Å². The number of para-hydroxylation sites is 1. The Balaban J connectivity index is 1.98. The van der Waals surface area contributed by atoms with E-state index < -0.39 is 0 Å². The van der Waals surface area contributed by atoms with Crippen LogP contribution in [-0.2, 0) is 0 Å². The number of nitrogens with zero attached hydrogens (tertiary/aromatic N) is 3. The van der Waals surface area contributed by atoms with Gasteiger partial charge in [0, 0.05) is 4.90 Å². The maximum Gasteiger partial charge on any atom is 0.113 e. The van der Waals surface area contributed by atoms with Crippen LogP contribution in [0, 0.1) is 12.8 Å². The highest BCUT2D eigenvalue weighted by molar-refractivity contribution is 7.99. The van der Waals surface area contributed by atoms with Gasteiger partial charge in [-0.3, -0.25) is 0 Å². The first-order valence-corrected chi connectivity index (χ1v) is 8.06. The van der Waals surface area contributed by atoms with E-state index in [-0.39, 0.29) is 5.37 Å². The molecule has 0 radical (unpaired) electrons. The fraction of sp³-hybridized carbons (Fsp3) is 0.294. The molecule has 0 saturated carbocycles. The van der Waals surface area contributed by atoms with Gasteiger partial charge in [0.1, 0.15) is 10.9 Å². The third-order valence-electron chi connectivity index (χ3n) is 3.44. The van der Waals surface area contributed by atoms with Gasteiger partial charge in [0.2, 0.25) is 0 Å². The third kappa shape index (κ3) is 2.95. The van der Waals surface area contributed by atoms with E-state index in [4.69, 9.17) is 0 Å². The van der Waals surface area contributed by atoms with Crippen LogP contribution in [0.2, 0.25) is 0 Å². The zero-order valence-corrected chi connectivity index (χ0v) is 13.3. The fourth-order valence-corrected chi connectivity index (χ4v) is 3.59. The number of thioether (sulfide) groups is 1. The lowest BCUT2D eigenvalue weighted by molar-refractivity contribution is 0.468. The number of aromatic nitrogens is 3. The van der Waals surface area contributed by atoms with Crippen LogP contribution in [0.5, 0.6) is 0 Å². The van der Waals surface area contributed by atoms with Crippen molar-refractivity contribution in [3.63, 3.8) is 0 Å². The standard InChI is InChI=1S/C17H19N3S/c1-12(2)17(21-14-8-6-7-13(3)11-14)20-16-10-5-4-9-15(16)18-19-20/h4-12,17H,1-3H3. The molecule has 2 aromatic carbocycles. The van der Waals surface area contributed by atoms with E-state index in [1.54, 1.807) is 0 Å². The molecule has 1 heterocycles. The average Bonchev–Trinajstić information content (AvgIpc) is 2.88. The van der Waals surface area contributed by atoms with Gasteiger partial charge in [0.25, 0.3) is 0 Å². The topological polar surface area (TPSA) is 30.7 Å². The summed E-state index contributed by atoms with van der Waals surface area (Å²) in [6, 6.07) is 16.7. The first kappa shape index (κ1) is 14.1. The van der Waals surface area contributed by atoms with Gasteiger partial charge >= 0.3 is 0 Å². The van der Waals surface area contributed by atoms with Crippen molar-refractivity contribution in [2.45, 2.75) is 31.0 Å². The second-order valence-corrected chi connectivity index (χ2v) is 6.78. The molecule has 0 N–H and O–H groups in total. The molecular formula is C17H19N3S. The SMILES string of the molecule is Cc1cccc(SC(C(C)C)n2nnc3ccccc32)c1. The van der Waals surface area contributed by atoms with Gasteiger partial charge in [0.15, 0.2) is 0 Å². The molecule has 0 bridgehead atoms. The van der Waals surface area contributed by atoms with Gasteiger partial charge in [-0.15, -0.1) is 5.10 Å². The Bertz CT molecular complexity index is 748. The molecule has 0 amide bonds. The lowest BCUT2D eigenvalue weighted by Crippen LogP contribution is -2.13. The molecule has 3 aromatic rings. The summed E-state index contributed by atoms with van der Waals surface area (Å²) >= 11 is 1.84. The summed E-state index contributed by atoms with van der Waals surface area (Å²) in [5.41, 5.74) is 3.33. The molecule has 0 spiro atoms. The highest BCUT2D eigenvalue weighted by Crippen LogP contribution is 2.37. The smallest absolute Gasteiger partial charge is 0.113 e. The number of hydrogen-bond acceptors (Lipinski definition) is 3. The Morgan fingerprint density at radius 2 is 1.86 bits per heavy atom. The summed E-state index contributed by atoms with van der Waals surface area (Å²) < 4.78 is 2.05. The number of hydrogen-bond donors (Lipinski definition) is 0. The molecule has 0 saturated heterocycles.